The van der Waals surface area contributed by atoms with E-state index in [-0.39, 0.29) is 5.91 Å². The third-order valence-electron chi connectivity index (χ3n) is 4.44. The smallest absolute Gasteiger partial charge is 0.344 e. The Morgan fingerprint density at radius 1 is 1.08 bits per heavy atom. The summed E-state index contributed by atoms with van der Waals surface area (Å²) in [7, 11) is 0. The molecule has 0 radical (unpaired) electrons. The molecule has 6 nitrogen and oxygen atoms in total. The summed E-state index contributed by atoms with van der Waals surface area (Å²) in [5.74, 6) is 4.74. The average Bonchev–Trinajstić information content (AvgIpc) is 2.68. The number of carbonyl (C=O) groups is 1. The van der Waals surface area contributed by atoms with Gasteiger partial charge in [0.15, 0.2) is 0 Å². The van der Waals surface area contributed by atoms with Crippen LogP contribution in [0.15, 0.2) is 57.7 Å². The average molecular weight is 351 g/mol. The van der Waals surface area contributed by atoms with Gasteiger partial charge in [0, 0.05) is 35.8 Å². The first-order chi connectivity index (χ1) is 12.6. The van der Waals surface area contributed by atoms with Crippen LogP contribution in [0.3, 0.4) is 0 Å². The second kappa shape index (κ2) is 7.41. The van der Waals surface area contributed by atoms with Crippen molar-refractivity contribution in [1.29, 1.82) is 0 Å². The summed E-state index contributed by atoms with van der Waals surface area (Å²) in [6.07, 6.45) is 0. The Bertz CT molecular complexity index is 989. The molecule has 6 heteroatoms. The summed E-state index contributed by atoms with van der Waals surface area (Å²) < 4.78 is 5.54. The van der Waals surface area contributed by atoms with E-state index in [1.165, 1.54) is 0 Å². The quantitative estimate of drug-likeness (QED) is 0.319. The minimum absolute atomic E-state index is 0.383. The van der Waals surface area contributed by atoms with Gasteiger partial charge in [-0.2, -0.15) is 0 Å². The number of nitrogens with two attached hydrogens (primary N) is 1. The lowest BCUT2D eigenvalue weighted by atomic mass is 10.0. The molecule has 0 saturated heterocycles. The van der Waals surface area contributed by atoms with Crippen LogP contribution in [-0.2, 0) is 0 Å². The molecular formula is C20H21N3O3. The van der Waals surface area contributed by atoms with Crippen molar-refractivity contribution in [2.75, 3.05) is 18.0 Å². The number of carbonyl (C=O) groups excluding carboxylic acids is 1. The number of hydrogen-bond donors (Lipinski definition) is 2. The fourth-order valence-corrected chi connectivity index (χ4v) is 2.97. The summed E-state index contributed by atoms with van der Waals surface area (Å²) in [6, 6.07) is 14.3. The van der Waals surface area contributed by atoms with Gasteiger partial charge in [-0.05, 0) is 49.7 Å². The number of nitrogen functional groups attached to an aromatic ring is 1. The topological polar surface area (TPSA) is 88.6 Å². The van der Waals surface area contributed by atoms with E-state index in [1.807, 2.05) is 24.3 Å². The van der Waals surface area contributed by atoms with Gasteiger partial charge < -0.3 is 9.32 Å². The SMILES string of the molecule is CCN(CC)c1ccc2cc(-c3ccc(C(=O)NN)cc3)c(=O)oc2c1. The zero-order chi connectivity index (χ0) is 18.7. The number of benzene rings is 2. The number of anilines is 1. The van der Waals surface area contributed by atoms with Crippen molar-refractivity contribution in [2.24, 2.45) is 5.84 Å². The Labute approximate surface area is 151 Å². The van der Waals surface area contributed by atoms with Crippen LogP contribution in [0, 0.1) is 0 Å². The Morgan fingerprint density at radius 3 is 2.38 bits per heavy atom. The zero-order valence-electron chi connectivity index (χ0n) is 14.8. The number of nitrogens with zero attached hydrogens (tertiary/aromatic N) is 1. The van der Waals surface area contributed by atoms with Crippen molar-refractivity contribution in [3.8, 4) is 11.1 Å². The molecule has 3 N–H and O–H groups in total. The minimum atomic E-state index is -0.412. The standard InChI is InChI=1S/C20H21N3O3/c1-3-23(4-2)16-10-9-15-11-17(20(25)26-18(15)12-16)13-5-7-14(8-6-13)19(24)22-21/h5-12H,3-4,21H2,1-2H3,(H,22,24). The summed E-state index contributed by atoms with van der Waals surface area (Å²) in [6.45, 7) is 5.93. The van der Waals surface area contributed by atoms with Gasteiger partial charge in [0.25, 0.3) is 5.91 Å². The third kappa shape index (κ3) is 3.32. The summed E-state index contributed by atoms with van der Waals surface area (Å²) in [5.41, 5.74) is 4.80. The zero-order valence-corrected chi connectivity index (χ0v) is 14.8. The lowest BCUT2D eigenvalue weighted by Crippen LogP contribution is -2.29. The fraction of sp³-hybridized carbons (Fsp3) is 0.200. The molecule has 0 atom stereocenters. The van der Waals surface area contributed by atoms with Gasteiger partial charge in [0.2, 0.25) is 0 Å². The fourth-order valence-electron chi connectivity index (χ4n) is 2.97. The van der Waals surface area contributed by atoms with Crippen LogP contribution < -0.4 is 21.8 Å². The number of hydrazine groups is 1. The van der Waals surface area contributed by atoms with E-state index in [9.17, 15) is 9.59 Å². The van der Waals surface area contributed by atoms with Crippen LogP contribution in [0.1, 0.15) is 24.2 Å². The van der Waals surface area contributed by atoms with E-state index in [0.717, 1.165) is 24.2 Å². The second-order valence-corrected chi connectivity index (χ2v) is 5.89. The molecule has 1 amide bonds. The Hall–Kier alpha value is -3.12. The van der Waals surface area contributed by atoms with E-state index < -0.39 is 5.63 Å². The van der Waals surface area contributed by atoms with Gasteiger partial charge in [0.1, 0.15) is 5.58 Å². The predicted molar refractivity (Wildman–Crippen MR) is 103 cm³/mol. The molecule has 0 bridgehead atoms. The normalized spacial score (nSPS) is 10.7. The molecule has 26 heavy (non-hydrogen) atoms. The highest BCUT2D eigenvalue weighted by Gasteiger charge is 2.11. The molecule has 1 aromatic heterocycles. The molecule has 1 heterocycles. The summed E-state index contributed by atoms with van der Waals surface area (Å²) in [5, 5.41) is 0.847. The lowest BCUT2D eigenvalue weighted by molar-refractivity contribution is 0.0953. The van der Waals surface area contributed by atoms with Crippen LogP contribution in [0.4, 0.5) is 5.69 Å². The van der Waals surface area contributed by atoms with Crippen LogP contribution in [0.2, 0.25) is 0 Å². The molecule has 0 aliphatic heterocycles. The van der Waals surface area contributed by atoms with Crippen molar-refractivity contribution in [3.05, 3.63) is 64.5 Å². The number of amides is 1. The van der Waals surface area contributed by atoms with E-state index in [0.29, 0.717) is 22.3 Å². The molecule has 3 rings (SSSR count). The Balaban J connectivity index is 2.02. The summed E-state index contributed by atoms with van der Waals surface area (Å²) >= 11 is 0. The molecule has 0 saturated carbocycles. The van der Waals surface area contributed by atoms with Crippen LogP contribution in [-0.4, -0.2) is 19.0 Å². The van der Waals surface area contributed by atoms with E-state index in [2.05, 4.69) is 24.2 Å². The van der Waals surface area contributed by atoms with Gasteiger partial charge in [0.05, 0.1) is 5.56 Å². The van der Waals surface area contributed by atoms with E-state index in [4.69, 9.17) is 10.3 Å². The number of hydrogen-bond acceptors (Lipinski definition) is 5. The van der Waals surface area contributed by atoms with Crippen LogP contribution in [0.5, 0.6) is 0 Å². The van der Waals surface area contributed by atoms with Gasteiger partial charge >= 0.3 is 5.63 Å². The first-order valence-corrected chi connectivity index (χ1v) is 8.51. The summed E-state index contributed by atoms with van der Waals surface area (Å²) in [4.78, 5) is 26.2. The highest BCUT2D eigenvalue weighted by Crippen LogP contribution is 2.25. The lowest BCUT2D eigenvalue weighted by Gasteiger charge is -2.21. The number of fused-ring (bicyclic) bond motifs is 1. The van der Waals surface area contributed by atoms with E-state index in [1.54, 1.807) is 24.3 Å². The van der Waals surface area contributed by atoms with Crippen molar-refractivity contribution < 1.29 is 9.21 Å². The molecule has 134 valence electrons. The Morgan fingerprint density at radius 2 is 1.77 bits per heavy atom. The maximum Gasteiger partial charge on any atom is 0.344 e. The minimum Gasteiger partial charge on any atom is -0.422 e. The van der Waals surface area contributed by atoms with Gasteiger partial charge in [-0.1, -0.05) is 12.1 Å². The maximum absolute atomic E-state index is 12.4. The van der Waals surface area contributed by atoms with Gasteiger partial charge in [-0.15, -0.1) is 0 Å². The maximum atomic E-state index is 12.4. The first-order valence-electron chi connectivity index (χ1n) is 8.51. The highest BCUT2D eigenvalue weighted by molar-refractivity contribution is 5.94. The monoisotopic (exact) mass is 351 g/mol. The molecule has 0 aliphatic carbocycles. The predicted octanol–water partition coefficient (Wildman–Crippen LogP) is 2.91. The molecule has 0 aliphatic rings. The molecule has 0 fully saturated rings. The highest BCUT2D eigenvalue weighted by atomic mass is 16.4. The van der Waals surface area contributed by atoms with E-state index >= 15 is 0 Å². The van der Waals surface area contributed by atoms with Gasteiger partial charge in [-0.3, -0.25) is 10.2 Å². The molecule has 2 aromatic carbocycles. The van der Waals surface area contributed by atoms with Crippen molar-refractivity contribution in [1.82, 2.24) is 5.43 Å². The molecule has 0 unspecified atom stereocenters. The Kier molecular flexibility index (Phi) is 5.04. The van der Waals surface area contributed by atoms with Crippen LogP contribution in [0.25, 0.3) is 22.1 Å². The largest absolute Gasteiger partial charge is 0.422 e. The number of rotatable bonds is 5. The van der Waals surface area contributed by atoms with Crippen molar-refractivity contribution >= 4 is 22.6 Å². The molecule has 3 aromatic rings. The van der Waals surface area contributed by atoms with Gasteiger partial charge in [-0.25, -0.2) is 10.6 Å². The second-order valence-electron chi connectivity index (χ2n) is 5.89. The third-order valence-corrected chi connectivity index (χ3v) is 4.44. The van der Waals surface area contributed by atoms with Crippen LogP contribution >= 0.6 is 0 Å². The first kappa shape index (κ1) is 17.7. The molecule has 0 spiro atoms. The van der Waals surface area contributed by atoms with Crippen molar-refractivity contribution in [3.63, 3.8) is 0 Å². The molecular weight excluding hydrogens is 330 g/mol. The number of nitrogens with one attached hydrogen (secondary N) is 1. The van der Waals surface area contributed by atoms with Crippen molar-refractivity contribution in [2.45, 2.75) is 13.8 Å².